The van der Waals surface area contributed by atoms with Gasteiger partial charge in [0, 0.05) is 18.5 Å². The number of nitrogens with zero attached hydrogens (tertiary/aromatic N) is 1. The number of rotatable bonds is 3. The summed E-state index contributed by atoms with van der Waals surface area (Å²) in [5.74, 6) is 0.290. The number of ether oxygens (including phenoxy) is 1. The summed E-state index contributed by atoms with van der Waals surface area (Å²) >= 11 is 0. The molecule has 2 aromatic rings. The standard InChI is InChI=1S/C9H8O3.C7H15N/c1-2-9(10)12-8-5-6-3-4-7(8)11-6;1-3-7-5-4-6-8(7)2/h3-5H,2H2,1H3;7H,3-6H2,1-2H3. The van der Waals surface area contributed by atoms with E-state index in [1.54, 1.807) is 19.1 Å². The van der Waals surface area contributed by atoms with Gasteiger partial charge in [0.2, 0.25) is 0 Å². The van der Waals surface area contributed by atoms with Crippen LogP contribution in [0.25, 0.3) is 11.2 Å². The van der Waals surface area contributed by atoms with Gasteiger partial charge in [-0.25, -0.2) is 0 Å². The molecule has 1 aliphatic heterocycles. The van der Waals surface area contributed by atoms with Gasteiger partial charge in [0.1, 0.15) is 5.58 Å². The Balaban J connectivity index is 0.000000160. The predicted octanol–water partition coefficient (Wildman–Crippen LogP) is 3.68. The Morgan fingerprint density at radius 2 is 2.25 bits per heavy atom. The molecule has 1 atom stereocenters. The van der Waals surface area contributed by atoms with E-state index in [2.05, 4.69) is 18.9 Å². The number of benzene rings is 1. The first-order chi connectivity index (χ1) is 9.63. The lowest BCUT2D eigenvalue weighted by Gasteiger charge is -2.16. The summed E-state index contributed by atoms with van der Waals surface area (Å²) < 4.78 is 10.2. The van der Waals surface area contributed by atoms with E-state index in [1.807, 2.05) is 6.07 Å². The predicted molar refractivity (Wildman–Crippen MR) is 79.3 cm³/mol. The van der Waals surface area contributed by atoms with Gasteiger partial charge in [-0.1, -0.05) is 13.8 Å². The molecule has 3 heterocycles. The fourth-order valence-electron chi connectivity index (χ4n) is 2.53. The minimum absolute atomic E-state index is 0.237. The first-order valence-electron chi connectivity index (χ1n) is 7.36. The fraction of sp³-hybridized carbons (Fsp3) is 0.562. The van der Waals surface area contributed by atoms with E-state index >= 15 is 0 Å². The fourth-order valence-corrected chi connectivity index (χ4v) is 2.53. The number of hydrogen-bond donors (Lipinski definition) is 0. The third kappa shape index (κ3) is 3.51. The van der Waals surface area contributed by atoms with E-state index in [0.717, 1.165) is 11.6 Å². The Hall–Kier alpha value is -1.55. The quantitative estimate of drug-likeness (QED) is 0.634. The van der Waals surface area contributed by atoms with Crippen LogP contribution >= 0.6 is 0 Å². The molecule has 1 aliphatic rings. The van der Waals surface area contributed by atoms with Crippen LogP contribution in [0, 0.1) is 0 Å². The molecule has 4 nitrogen and oxygen atoms in total. The average molecular weight is 277 g/mol. The lowest BCUT2D eigenvalue weighted by atomic mass is 10.2. The van der Waals surface area contributed by atoms with Crippen molar-refractivity contribution in [3.8, 4) is 5.75 Å². The molecule has 0 spiro atoms. The van der Waals surface area contributed by atoms with Gasteiger partial charge in [-0.2, -0.15) is 0 Å². The normalized spacial score (nSPS) is 19.1. The highest BCUT2D eigenvalue weighted by Crippen LogP contribution is 2.28. The van der Waals surface area contributed by atoms with Crippen LogP contribution in [0.15, 0.2) is 22.6 Å². The van der Waals surface area contributed by atoms with E-state index < -0.39 is 0 Å². The number of furan rings is 2. The highest BCUT2D eigenvalue weighted by atomic mass is 16.5. The number of hydrogen-bond acceptors (Lipinski definition) is 4. The summed E-state index contributed by atoms with van der Waals surface area (Å²) in [6, 6.07) is 6.23. The van der Waals surface area contributed by atoms with Gasteiger partial charge >= 0.3 is 5.97 Å². The Kier molecular flexibility index (Phi) is 5.01. The topological polar surface area (TPSA) is 42.7 Å². The Morgan fingerprint density at radius 1 is 1.45 bits per heavy atom. The maximum atomic E-state index is 10.9. The Bertz CT molecular complexity index is 534. The zero-order chi connectivity index (χ0) is 14.5. The number of likely N-dealkylation sites (tertiary alicyclic amines) is 1. The maximum absolute atomic E-state index is 10.9. The zero-order valence-corrected chi connectivity index (χ0v) is 12.5. The van der Waals surface area contributed by atoms with Crippen molar-refractivity contribution in [2.75, 3.05) is 13.6 Å². The highest BCUT2D eigenvalue weighted by Gasteiger charge is 2.17. The maximum Gasteiger partial charge on any atom is 0.311 e. The third-order valence-electron chi connectivity index (χ3n) is 3.80. The second-order valence-electron chi connectivity index (χ2n) is 5.22. The van der Waals surface area contributed by atoms with Gasteiger partial charge in [-0.3, -0.25) is 4.79 Å². The molecule has 1 fully saturated rings. The molecule has 3 rings (SSSR count). The van der Waals surface area contributed by atoms with Crippen LogP contribution in [-0.2, 0) is 4.79 Å². The van der Waals surface area contributed by atoms with Gasteiger partial charge in [-0.15, -0.1) is 0 Å². The smallest absolute Gasteiger partial charge is 0.311 e. The van der Waals surface area contributed by atoms with Crippen molar-refractivity contribution in [1.29, 1.82) is 0 Å². The SMILES string of the molecule is CCC(=O)Oc1cc2ccc1o2.CCC1CCCN1C. The average Bonchev–Trinajstić information content (AvgIpc) is 3.15. The number of fused-ring (bicyclic) bond motifs is 2. The van der Waals surface area contributed by atoms with E-state index in [-0.39, 0.29) is 5.97 Å². The molecule has 0 N–H and O–H groups in total. The summed E-state index contributed by atoms with van der Waals surface area (Å²) in [5, 5.41) is 0. The summed E-state index contributed by atoms with van der Waals surface area (Å²) in [5.41, 5.74) is 1.37. The van der Waals surface area contributed by atoms with Crippen LogP contribution in [0.3, 0.4) is 0 Å². The number of carbonyl (C=O) groups is 1. The summed E-state index contributed by atoms with van der Waals surface area (Å²) in [4.78, 5) is 13.3. The molecule has 0 aromatic carbocycles. The van der Waals surface area contributed by atoms with Gasteiger partial charge < -0.3 is 14.1 Å². The summed E-state index contributed by atoms with van der Waals surface area (Å²) in [7, 11) is 2.22. The van der Waals surface area contributed by atoms with Gasteiger partial charge in [0.15, 0.2) is 11.3 Å². The highest BCUT2D eigenvalue weighted by molar-refractivity contribution is 5.78. The molecule has 0 radical (unpaired) electrons. The lowest BCUT2D eigenvalue weighted by Crippen LogP contribution is -2.23. The van der Waals surface area contributed by atoms with Gasteiger partial charge in [-0.05, 0) is 45.0 Å². The van der Waals surface area contributed by atoms with Crippen LogP contribution in [-0.4, -0.2) is 30.5 Å². The summed E-state index contributed by atoms with van der Waals surface area (Å²) in [6.45, 7) is 5.34. The largest absolute Gasteiger partial charge is 0.453 e. The molecule has 0 aliphatic carbocycles. The van der Waals surface area contributed by atoms with E-state index in [1.165, 1.54) is 25.8 Å². The molecule has 1 saturated heterocycles. The molecule has 20 heavy (non-hydrogen) atoms. The third-order valence-corrected chi connectivity index (χ3v) is 3.80. The van der Waals surface area contributed by atoms with Crippen molar-refractivity contribution in [2.45, 2.75) is 45.6 Å². The number of esters is 1. The second kappa shape index (κ2) is 6.75. The molecule has 110 valence electrons. The minimum Gasteiger partial charge on any atom is -0.453 e. The van der Waals surface area contributed by atoms with Gasteiger partial charge in [0.05, 0.1) is 0 Å². The van der Waals surface area contributed by atoms with E-state index in [0.29, 0.717) is 17.8 Å². The van der Waals surface area contributed by atoms with Gasteiger partial charge in [0.25, 0.3) is 0 Å². The molecular weight excluding hydrogens is 254 g/mol. The van der Waals surface area contributed by atoms with Crippen molar-refractivity contribution in [2.24, 2.45) is 0 Å². The van der Waals surface area contributed by atoms with Crippen LogP contribution in [0.5, 0.6) is 5.75 Å². The van der Waals surface area contributed by atoms with Crippen molar-refractivity contribution in [1.82, 2.24) is 4.90 Å². The molecule has 1 unspecified atom stereocenters. The lowest BCUT2D eigenvalue weighted by molar-refractivity contribution is -0.133. The number of carbonyl (C=O) groups excluding carboxylic acids is 1. The molecule has 4 heteroatoms. The zero-order valence-electron chi connectivity index (χ0n) is 12.5. The van der Waals surface area contributed by atoms with Crippen LogP contribution in [0.4, 0.5) is 0 Å². The monoisotopic (exact) mass is 277 g/mol. The van der Waals surface area contributed by atoms with Crippen molar-refractivity contribution in [3.63, 3.8) is 0 Å². The van der Waals surface area contributed by atoms with E-state index in [4.69, 9.17) is 9.15 Å². The van der Waals surface area contributed by atoms with Crippen molar-refractivity contribution in [3.05, 3.63) is 18.2 Å². The molecule has 2 aromatic heterocycles. The Labute approximate surface area is 120 Å². The molecule has 0 saturated carbocycles. The Morgan fingerprint density at radius 3 is 2.65 bits per heavy atom. The summed E-state index contributed by atoms with van der Waals surface area (Å²) in [6.07, 6.45) is 4.54. The van der Waals surface area contributed by atoms with Crippen molar-refractivity contribution >= 4 is 17.1 Å². The minimum atomic E-state index is -0.237. The first kappa shape index (κ1) is 14.9. The van der Waals surface area contributed by atoms with E-state index in [9.17, 15) is 4.79 Å². The second-order valence-corrected chi connectivity index (χ2v) is 5.22. The van der Waals surface area contributed by atoms with Crippen molar-refractivity contribution < 1.29 is 13.9 Å². The molecule has 0 amide bonds. The molecular formula is C16H23NO3. The van der Waals surface area contributed by atoms with Crippen LogP contribution < -0.4 is 4.74 Å². The first-order valence-corrected chi connectivity index (χ1v) is 7.36. The molecule has 2 bridgehead atoms. The van der Waals surface area contributed by atoms with Crippen LogP contribution in [0.1, 0.15) is 39.5 Å². The van der Waals surface area contributed by atoms with Crippen LogP contribution in [0.2, 0.25) is 0 Å².